The van der Waals surface area contributed by atoms with E-state index in [1.54, 1.807) is 43.7 Å². The van der Waals surface area contributed by atoms with Gasteiger partial charge in [0.15, 0.2) is 0 Å². The third-order valence-corrected chi connectivity index (χ3v) is 3.29. The van der Waals surface area contributed by atoms with E-state index in [2.05, 4.69) is 30.1 Å². The molecule has 0 unspecified atom stereocenters. The second-order valence-corrected chi connectivity index (χ2v) is 4.90. The zero-order valence-electron chi connectivity index (χ0n) is 12.0. The van der Waals surface area contributed by atoms with Crippen LogP contribution in [0.1, 0.15) is 5.82 Å². The van der Waals surface area contributed by atoms with Crippen molar-refractivity contribution >= 4 is 10.9 Å². The summed E-state index contributed by atoms with van der Waals surface area (Å²) < 4.78 is 5.27. The molecule has 0 atom stereocenters. The number of aryl methyl sites for hydroxylation is 1. The first-order chi connectivity index (χ1) is 11.2. The predicted octanol–water partition coefficient (Wildman–Crippen LogP) is 1.74. The molecule has 23 heavy (non-hydrogen) atoms. The predicted molar refractivity (Wildman–Crippen MR) is 81.4 cm³/mol. The van der Waals surface area contributed by atoms with Gasteiger partial charge in [-0.05, 0) is 25.1 Å². The summed E-state index contributed by atoms with van der Waals surface area (Å²) in [6, 6.07) is 5.16. The number of nitrogens with one attached hydrogen (secondary N) is 1. The lowest BCUT2D eigenvalue weighted by atomic mass is 10.1. The Morgan fingerprint density at radius 3 is 2.91 bits per heavy atom. The van der Waals surface area contributed by atoms with Crippen LogP contribution in [0.5, 0.6) is 0 Å². The van der Waals surface area contributed by atoms with Crippen molar-refractivity contribution in [3.8, 4) is 23.0 Å². The molecule has 0 fully saturated rings. The summed E-state index contributed by atoms with van der Waals surface area (Å²) in [4.78, 5) is 31.3. The molecule has 0 bridgehead atoms. The van der Waals surface area contributed by atoms with Gasteiger partial charge in [-0.25, -0.2) is 9.97 Å². The molecule has 0 saturated heterocycles. The number of rotatable bonds is 2. The first-order valence-electron chi connectivity index (χ1n) is 6.82. The van der Waals surface area contributed by atoms with Crippen LogP contribution in [0.4, 0.5) is 0 Å². The molecule has 1 N–H and O–H groups in total. The van der Waals surface area contributed by atoms with E-state index in [4.69, 9.17) is 4.52 Å². The fourth-order valence-electron chi connectivity index (χ4n) is 2.25. The summed E-state index contributed by atoms with van der Waals surface area (Å²) in [6.07, 6.45) is 4.68. The van der Waals surface area contributed by atoms with E-state index in [-0.39, 0.29) is 5.56 Å². The Morgan fingerprint density at radius 1 is 1.17 bits per heavy atom. The van der Waals surface area contributed by atoms with Crippen molar-refractivity contribution < 1.29 is 4.52 Å². The van der Waals surface area contributed by atoms with Crippen molar-refractivity contribution in [2.75, 3.05) is 0 Å². The van der Waals surface area contributed by atoms with Crippen molar-refractivity contribution in [2.24, 2.45) is 0 Å². The molecular weight excluding hydrogens is 296 g/mol. The van der Waals surface area contributed by atoms with Gasteiger partial charge in [-0.2, -0.15) is 4.98 Å². The van der Waals surface area contributed by atoms with Gasteiger partial charge in [0.25, 0.3) is 11.4 Å². The number of hydrogen-bond donors (Lipinski definition) is 1. The minimum Gasteiger partial charge on any atom is -0.334 e. The molecule has 4 aromatic rings. The molecule has 0 spiro atoms. The summed E-state index contributed by atoms with van der Waals surface area (Å²) in [5.41, 5.74) is 1.60. The lowest BCUT2D eigenvalue weighted by molar-refractivity contribution is 0.432. The summed E-state index contributed by atoms with van der Waals surface area (Å²) >= 11 is 0. The topological polar surface area (TPSA) is 110 Å². The average molecular weight is 306 g/mol. The van der Waals surface area contributed by atoms with Crippen molar-refractivity contribution in [1.82, 2.24) is 30.1 Å². The van der Waals surface area contributed by atoms with Crippen LogP contribution >= 0.6 is 0 Å². The lowest BCUT2D eigenvalue weighted by Crippen LogP contribution is -2.09. The minimum absolute atomic E-state index is 0.176. The van der Waals surface area contributed by atoms with Crippen molar-refractivity contribution in [1.29, 1.82) is 0 Å². The van der Waals surface area contributed by atoms with E-state index in [0.717, 1.165) is 0 Å². The van der Waals surface area contributed by atoms with Crippen LogP contribution in [0.3, 0.4) is 0 Å². The van der Waals surface area contributed by atoms with E-state index >= 15 is 0 Å². The Hall–Kier alpha value is -3.42. The van der Waals surface area contributed by atoms with Crippen LogP contribution in [-0.4, -0.2) is 30.1 Å². The van der Waals surface area contributed by atoms with Crippen LogP contribution in [0, 0.1) is 6.92 Å². The first kappa shape index (κ1) is 13.3. The van der Waals surface area contributed by atoms with E-state index in [0.29, 0.717) is 39.7 Å². The molecule has 112 valence electrons. The Balaban J connectivity index is 1.81. The highest BCUT2D eigenvalue weighted by atomic mass is 16.5. The van der Waals surface area contributed by atoms with Gasteiger partial charge in [-0.1, -0.05) is 5.16 Å². The highest BCUT2D eigenvalue weighted by Crippen LogP contribution is 2.23. The SMILES string of the molecule is Cc1nc2cc(-c3nc(-c4cnccn4)no3)ccc2c(=O)[nH]1. The average Bonchev–Trinajstić information content (AvgIpc) is 3.05. The maximum absolute atomic E-state index is 11.9. The molecule has 0 aliphatic carbocycles. The summed E-state index contributed by atoms with van der Waals surface area (Å²) in [6.45, 7) is 1.73. The number of nitrogens with zero attached hydrogens (tertiary/aromatic N) is 5. The Labute approximate surface area is 129 Å². The number of H-pyrrole nitrogens is 1. The van der Waals surface area contributed by atoms with Crippen LogP contribution in [0.2, 0.25) is 0 Å². The zero-order chi connectivity index (χ0) is 15.8. The molecule has 1 aromatic carbocycles. The van der Waals surface area contributed by atoms with E-state index < -0.39 is 0 Å². The highest BCUT2D eigenvalue weighted by Gasteiger charge is 2.13. The second-order valence-electron chi connectivity index (χ2n) is 4.90. The third kappa shape index (κ3) is 2.35. The first-order valence-corrected chi connectivity index (χ1v) is 6.82. The molecule has 3 aromatic heterocycles. The fourth-order valence-corrected chi connectivity index (χ4v) is 2.25. The Kier molecular flexibility index (Phi) is 2.94. The summed E-state index contributed by atoms with van der Waals surface area (Å²) in [5.74, 6) is 1.22. The minimum atomic E-state index is -0.176. The van der Waals surface area contributed by atoms with Crippen LogP contribution in [-0.2, 0) is 0 Å². The van der Waals surface area contributed by atoms with Gasteiger partial charge >= 0.3 is 0 Å². The number of aromatic nitrogens is 6. The molecule has 0 aliphatic rings. The fraction of sp³-hybridized carbons (Fsp3) is 0.0667. The van der Waals surface area contributed by atoms with Crippen molar-refractivity contribution in [3.63, 3.8) is 0 Å². The van der Waals surface area contributed by atoms with E-state index in [9.17, 15) is 4.79 Å². The third-order valence-electron chi connectivity index (χ3n) is 3.29. The molecule has 3 heterocycles. The molecule has 0 amide bonds. The monoisotopic (exact) mass is 306 g/mol. The van der Waals surface area contributed by atoms with Crippen molar-refractivity contribution in [3.05, 3.63) is 53.0 Å². The Bertz CT molecular complexity index is 1050. The normalized spacial score (nSPS) is 11.0. The Morgan fingerprint density at radius 2 is 2.09 bits per heavy atom. The number of fused-ring (bicyclic) bond motifs is 1. The molecule has 8 nitrogen and oxygen atoms in total. The lowest BCUT2D eigenvalue weighted by Gasteiger charge is -2.00. The molecule has 0 saturated carbocycles. The molecule has 4 rings (SSSR count). The van der Waals surface area contributed by atoms with Crippen molar-refractivity contribution in [2.45, 2.75) is 6.92 Å². The van der Waals surface area contributed by atoms with Gasteiger partial charge in [0.2, 0.25) is 5.82 Å². The smallest absolute Gasteiger partial charge is 0.258 e. The standard InChI is InChI=1S/C15H10N6O2/c1-8-18-11-6-9(2-3-10(11)14(22)19-8)15-20-13(21-23-15)12-7-16-4-5-17-12/h2-7H,1H3,(H,18,19,22). The van der Waals surface area contributed by atoms with Crippen LogP contribution in [0.25, 0.3) is 33.9 Å². The maximum Gasteiger partial charge on any atom is 0.258 e. The maximum atomic E-state index is 11.9. The molecular formula is C15H10N6O2. The summed E-state index contributed by atoms with van der Waals surface area (Å²) in [5, 5.41) is 4.41. The molecule has 0 aliphatic heterocycles. The molecule has 8 heteroatoms. The van der Waals surface area contributed by atoms with E-state index in [1.807, 2.05) is 0 Å². The zero-order valence-corrected chi connectivity index (χ0v) is 12.0. The van der Waals surface area contributed by atoms with Gasteiger partial charge in [-0.15, -0.1) is 0 Å². The van der Waals surface area contributed by atoms with Crippen LogP contribution in [0.15, 0.2) is 46.1 Å². The van der Waals surface area contributed by atoms with Gasteiger partial charge in [0.05, 0.1) is 17.1 Å². The van der Waals surface area contributed by atoms with Gasteiger partial charge in [0, 0.05) is 18.0 Å². The van der Waals surface area contributed by atoms with Gasteiger partial charge < -0.3 is 9.51 Å². The molecule has 0 radical (unpaired) electrons. The quantitative estimate of drug-likeness (QED) is 0.600. The van der Waals surface area contributed by atoms with Gasteiger partial charge in [0.1, 0.15) is 11.5 Å². The number of hydrogen-bond acceptors (Lipinski definition) is 7. The second kappa shape index (κ2) is 5.09. The highest BCUT2D eigenvalue weighted by molar-refractivity contribution is 5.82. The number of benzene rings is 1. The van der Waals surface area contributed by atoms with Gasteiger partial charge in [-0.3, -0.25) is 9.78 Å². The van der Waals surface area contributed by atoms with Crippen LogP contribution < -0.4 is 5.56 Å². The van der Waals surface area contributed by atoms with E-state index in [1.165, 1.54) is 0 Å². The number of aromatic amines is 1. The largest absolute Gasteiger partial charge is 0.334 e. The summed E-state index contributed by atoms with van der Waals surface area (Å²) in [7, 11) is 0.